The van der Waals surface area contributed by atoms with Crippen molar-refractivity contribution in [1.29, 1.82) is 0 Å². The van der Waals surface area contributed by atoms with Crippen LogP contribution < -0.4 is 0 Å². The summed E-state index contributed by atoms with van der Waals surface area (Å²) in [7, 11) is 0. The molecule has 0 bridgehead atoms. The average Bonchev–Trinajstić information content (AvgIpc) is 2.55. The van der Waals surface area contributed by atoms with E-state index in [2.05, 4.69) is 0 Å². The molecule has 0 aromatic rings. The van der Waals surface area contributed by atoms with E-state index in [0.717, 1.165) is 0 Å². The predicted octanol–water partition coefficient (Wildman–Crippen LogP) is 1.25. The van der Waals surface area contributed by atoms with Gasteiger partial charge in [-0.2, -0.15) is 0 Å². The van der Waals surface area contributed by atoms with Gasteiger partial charge in [-0.15, -0.1) is 0 Å². The second-order valence-electron chi connectivity index (χ2n) is 4.47. The molecular formula is C12H19NO4. The van der Waals surface area contributed by atoms with Gasteiger partial charge in [0, 0.05) is 6.04 Å². The highest BCUT2D eigenvalue weighted by atomic mass is 16.5. The van der Waals surface area contributed by atoms with E-state index in [9.17, 15) is 14.7 Å². The molecule has 1 aliphatic rings. The highest BCUT2D eigenvalue weighted by molar-refractivity contribution is 6.05. The topological polar surface area (TPSA) is 66.8 Å². The molecule has 1 amide bonds. The minimum Gasteiger partial charge on any atom is -0.503 e. The highest BCUT2D eigenvalue weighted by Gasteiger charge is 2.37. The summed E-state index contributed by atoms with van der Waals surface area (Å²) >= 11 is 0. The van der Waals surface area contributed by atoms with Gasteiger partial charge in [-0.25, -0.2) is 4.79 Å². The van der Waals surface area contributed by atoms with Crippen LogP contribution in [0.3, 0.4) is 0 Å². The van der Waals surface area contributed by atoms with Crippen LogP contribution in [-0.4, -0.2) is 41.1 Å². The van der Waals surface area contributed by atoms with Crippen LogP contribution in [0.25, 0.3) is 0 Å². The van der Waals surface area contributed by atoms with Gasteiger partial charge in [-0.05, 0) is 19.8 Å². The lowest BCUT2D eigenvalue weighted by molar-refractivity contribution is -0.138. The fraction of sp³-hybridized carbons (Fsp3) is 0.667. The predicted molar refractivity (Wildman–Crippen MR) is 62.3 cm³/mol. The van der Waals surface area contributed by atoms with Gasteiger partial charge in [0.05, 0.1) is 13.2 Å². The minimum absolute atomic E-state index is 0.0309. The monoisotopic (exact) mass is 241 g/mol. The zero-order chi connectivity index (χ0) is 13.2. The van der Waals surface area contributed by atoms with Crippen LogP contribution in [0.15, 0.2) is 11.3 Å². The second-order valence-corrected chi connectivity index (χ2v) is 4.47. The third-order valence-electron chi connectivity index (χ3n) is 3.06. The molecule has 96 valence electrons. The van der Waals surface area contributed by atoms with E-state index in [1.54, 1.807) is 6.92 Å². The molecule has 1 heterocycles. The minimum atomic E-state index is -0.614. The van der Waals surface area contributed by atoms with Crippen molar-refractivity contribution in [3.05, 3.63) is 11.3 Å². The molecule has 1 aliphatic heterocycles. The average molecular weight is 241 g/mol. The van der Waals surface area contributed by atoms with Crippen LogP contribution in [0.4, 0.5) is 0 Å². The molecule has 1 rings (SSSR count). The number of aliphatic hydroxyl groups is 1. The summed E-state index contributed by atoms with van der Waals surface area (Å²) in [6.07, 6.45) is 0. The number of amides is 1. The first-order valence-electron chi connectivity index (χ1n) is 5.80. The molecule has 1 N–H and O–H groups in total. The molecular weight excluding hydrogens is 222 g/mol. The lowest BCUT2D eigenvalue weighted by Crippen LogP contribution is -2.39. The fourth-order valence-electron chi connectivity index (χ4n) is 1.65. The highest BCUT2D eigenvalue weighted by Crippen LogP contribution is 2.23. The number of nitrogens with zero attached hydrogens (tertiary/aromatic N) is 1. The van der Waals surface area contributed by atoms with Crippen LogP contribution in [0, 0.1) is 5.92 Å². The van der Waals surface area contributed by atoms with Crippen LogP contribution in [-0.2, 0) is 14.3 Å². The van der Waals surface area contributed by atoms with Crippen molar-refractivity contribution in [2.45, 2.75) is 33.7 Å². The van der Waals surface area contributed by atoms with E-state index < -0.39 is 17.6 Å². The number of carbonyl (C=O) groups is 2. The third-order valence-corrected chi connectivity index (χ3v) is 3.06. The number of hydrogen-bond acceptors (Lipinski definition) is 4. The second kappa shape index (κ2) is 5.21. The van der Waals surface area contributed by atoms with Crippen LogP contribution in [0.1, 0.15) is 27.7 Å². The number of carbonyl (C=O) groups excluding carboxylic acids is 2. The van der Waals surface area contributed by atoms with Gasteiger partial charge in [0.25, 0.3) is 5.91 Å². The van der Waals surface area contributed by atoms with Crippen molar-refractivity contribution < 1.29 is 19.4 Å². The summed E-state index contributed by atoms with van der Waals surface area (Å²) in [5.41, 5.74) is 0.0596. The lowest BCUT2D eigenvalue weighted by atomic mass is 10.1. The summed E-state index contributed by atoms with van der Waals surface area (Å²) in [6, 6.07) is -0.0309. The first-order chi connectivity index (χ1) is 7.90. The molecule has 0 radical (unpaired) electrons. The SMILES string of the molecule is CCOC(=O)C1=C(O)C(=O)N(C(C)C(C)C)C1. The van der Waals surface area contributed by atoms with Gasteiger partial charge < -0.3 is 14.7 Å². The van der Waals surface area contributed by atoms with Crippen LogP contribution in [0.2, 0.25) is 0 Å². The molecule has 1 atom stereocenters. The molecule has 0 spiro atoms. The Hall–Kier alpha value is -1.52. The number of aliphatic hydroxyl groups excluding tert-OH is 1. The Labute approximate surface area is 101 Å². The van der Waals surface area contributed by atoms with Gasteiger partial charge in [0.15, 0.2) is 5.76 Å². The molecule has 0 aromatic heterocycles. The van der Waals surface area contributed by atoms with Gasteiger partial charge in [0.1, 0.15) is 5.57 Å². The van der Waals surface area contributed by atoms with Crippen molar-refractivity contribution in [3.63, 3.8) is 0 Å². The number of ether oxygens (including phenoxy) is 1. The summed E-state index contributed by atoms with van der Waals surface area (Å²) in [5, 5.41) is 9.64. The first-order valence-corrected chi connectivity index (χ1v) is 5.80. The Bertz CT molecular complexity index is 360. The largest absolute Gasteiger partial charge is 0.503 e. The maximum absolute atomic E-state index is 11.8. The van der Waals surface area contributed by atoms with Crippen molar-refractivity contribution >= 4 is 11.9 Å². The fourth-order valence-corrected chi connectivity index (χ4v) is 1.65. The molecule has 17 heavy (non-hydrogen) atoms. The lowest BCUT2D eigenvalue weighted by Gasteiger charge is -2.27. The molecule has 5 heteroatoms. The molecule has 1 unspecified atom stereocenters. The molecule has 5 nitrogen and oxygen atoms in total. The summed E-state index contributed by atoms with van der Waals surface area (Å²) in [5.74, 6) is -1.32. The van der Waals surface area contributed by atoms with Gasteiger partial charge >= 0.3 is 5.97 Å². The van der Waals surface area contributed by atoms with E-state index in [0.29, 0.717) is 0 Å². The Morgan fingerprint density at radius 3 is 2.53 bits per heavy atom. The van der Waals surface area contributed by atoms with Crippen LogP contribution >= 0.6 is 0 Å². The molecule has 0 fully saturated rings. The van der Waals surface area contributed by atoms with E-state index >= 15 is 0 Å². The van der Waals surface area contributed by atoms with Gasteiger partial charge in [-0.1, -0.05) is 13.8 Å². The van der Waals surface area contributed by atoms with Gasteiger partial charge in [0.2, 0.25) is 0 Å². The smallest absolute Gasteiger partial charge is 0.339 e. The van der Waals surface area contributed by atoms with Gasteiger partial charge in [-0.3, -0.25) is 4.79 Å². The Balaban J connectivity index is 2.84. The quantitative estimate of drug-likeness (QED) is 0.752. The van der Waals surface area contributed by atoms with Crippen molar-refractivity contribution in [2.24, 2.45) is 5.92 Å². The van der Waals surface area contributed by atoms with E-state index in [1.807, 2.05) is 20.8 Å². The van der Waals surface area contributed by atoms with Crippen LogP contribution in [0.5, 0.6) is 0 Å². The zero-order valence-corrected chi connectivity index (χ0v) is 10.7. The Morgan fingerprint density at radius 2 is 2.06 bits per heavy atom. The Morgan fingerprint density at radius 1 is 1.47 bits per heavy atom. The number of hydrogen-bond donors (Lipinski definition) is 1. The van der Waals surface area contributed by atoms with E-state index in [4.69, 9.17) is 4.74 Å². The number of esters is 1. The molecule has 0 aromatic carbocycles. The maximum atomic E-state index is 11.8. The van der Waals surface area contributed by atoms with Crippen molar-refractivity contribution in [3.8, 4) is 0 Å². The van der Waals surface area contributed by atoms with Crippen molar-refractivity contribution in [2.75, 3.05) is 13.2 Å². The summed E-state index contributed by atoms with van der Waals surface area (Å²) < 4.78 is 4.80. The summed E-state index contributed by atoms with van der Waals surface area (Å²) in [4.78, 5) is 24.8. The normalized spacial score (nSPS) is 17.9. The van der Waals surface area contributed by atoms with Crippen molar-refractivity contribution in [1.82, 2.24) is 4.90 Å². The first kappa shape index (κ1) is 13.5. The van der Waals surface area contributed by atoms with E-state index in [1.165, 1.54) is 4.90 Å². The zero-order valence-electron chi connectivity index (χ0n) is 10.7. The summed E-state index contributed by atoms with van der Waals surface area (Å²) in [6.45, 7) is 7.89. The van der Waals surface area contributed by atoms with E-state index in [-0.39, 0.29) is 30.7 Å². The maximum Gasteiger partial charge on any atom is 0.339 e. The molecule has 0 saturated carbocycles. The standard InChI is InChI=1S/C12H19NO4/c1-5-17-12(16)9-6-13(8(4)7(2)3)11(15)10(9)14/h7-8,14H,5-6H2,1-4H3. The molecule has 0 aliphatic carbocycles. The Kier molecular flexibility index (Phi) is 4.15. The number of rotatable bonds is 4. The molecule has 0 saturated heterocycles. The third kappa shape index (κ3) is 2.60.